The van der Waals surface area contributed by atoms with Crippen molar-refractivity contribution in [3.05, 3.63) is 0 Å². The highest BCUT2D eigenvalue weighted by Crippen LogP contribution is 2.39. The molecule has 0 N–H and O–H groups in total. The topological polar surface area (TPSA) is 49.9 Å². The van der Waals surface area contributed by atoms with Crippen molar-refractivity contribution in [3.8, 4) is 0 Å². The van der Waals surface area contributed by atoms with Gasteiger partial charge < -0.3 is 4.74 Å². The minimum absolute atomic E-state index is 0.0262. The second-order valence-corrected chi connectivity index (χ2v) is 9.15. The summed E-state index contributed by atoms with van der Waals surface area (Å²) in [4.78, 5) is 29.3. The number of nitrogens with zero attached hydrogens (tertiary/aromatic N) is 2. The summed E-state index contributed by atoms with van der Waals surface area (Å²) in [5.74, 6) is 0.411. The molecular weight excluding hydrogens is 407 g/mol. The molecule has 132 valence electrons. The van der Waals surface area contributed by atoms with Crippen LogP contribution in [0.25, 0.3) is 0 Å². The average Bonchev–Trinajstić information content (AvgIpc) is 2.83. The summed E-state index contributed by atoms with van der Waals surface area (Å²) >= 11 is 2.27. The molecule has 0 saturated carbocycles. The molecule has 2 aliphatic rings. The number of imide groups is 1. The van der Waals surface area contributed by atoms with Gasteiger partial charge in [0.2, 0.25) is 5.91 Å². The zero-order valence-electron chi connectivity index (χ0n) is 15.1. The molecule has 2 heterocycles. The lowest BCUT2D eigenvalue weighted by atomic mass is 9.90. The van der Waals surface area contributed by atoms with E-state index in [0.29, 0.717) is 12.5 Å². The van der Waals surface area contributed by atoms with Crippen molar-refractivity contribution < 1.29 is 14.3 Å². The lowest BCUT2D eigenvalue weighted by Crippen LogP contribution is -2.56. The van der Waals surface area contributed by atoms with E-state index in [1.165, 1.54) is 4.90 Å². The molecule has 0 aromatic rings. The zero-order chi connectivity index (χ0) is 17.6. The van der Waals surface area contributed by atoms with Crippen LogP contribution in [-0.2, 0) is 9.53 Å². The van der Waals surface area contributed by atoms with Crippen molar-refractivity contribution in [2.45, 2.75) is 72.2 Å². The smallest absolute Gasteiger partial charge is 0.329 e. The molecule has 0 unspecified atom stereocenters. The molecular formula is C17H29IN2O3. The Labute approximate surface area is 153 Å². The van der Waals surface area contributed by atoms with Gasteiger partial charge in [-0.15, -0.1) is 0 Å². The van der Waals surface area contributed by atoms with Crippen LogP contribution in [0, 0.1) is 11.3 Å². The van der Waals surface area contributed by atoms with Gasteiger partial charge in [-0.1, -0.05) is 50.3 Å². The largest absolute Gasteiger partial charge is 0.354 e. The van der Waals surface area contributed by atoms with E-state index in [-0.39, 0.29) is 24.0 Å². The lowest BCUT2D eigenvalue weighted by Gasteiger charge is -2.38. The molecule has 2 saturated heterocycles. The van der Waals surface area contributed by atoms with E-state index < -0.39 is 11.1 Å². The Kier molecular flexibility index (Phi) is 5.36. The number of rotatable bonds is 3. The predicted octanol–water partition coefficient (Wildman–Crippen LogP) is 3.65. The SMILES string of the molecule is CC(C)C[C@H]1COC(C)(C)N1C(=O)N1C(=O)C(C)(C)C[C@@H]1CI. The van der Waals surface area contributed by atoms with E-state index >= 15 is 0 Å². The first-order valence-corrected chi connectivity index (χ1v) is 9.90. The second-order valence-electron chi connectivity index (χ2n) is 8.26. The number of likely N-dealkylation sites (tertiary alicyclic amines) is 1. The molecule has 0 spiro atoms. The molecule has 23 heavy (non-hydrogen) atoms. The van der Waals surface area contributed by atoms with Crippen LogP contribution in [-0.4, -0.2) is 50.6 Å². The van der Waals surface area contributed by atoms with Gasteiger partial charge in [-0.2, -0.15) is 0 Å². The van der Waals surface area contributed by atoms with Crippen LogP contribution < -0.4 is 0 Å². The summed E-state index contributed by atoms with van der Waals surface area (Å²) in [6, 6.07) is -0.180. The second kappa shape index (κ2) is 6.50. The van der Waals surface area contributed by atoms with Gasteiger partial charge in [-0.05, 0) is 32.6 Å². The Bertz CT molecular complexity index is 490. The monoisotopic (exact) mass is 436 g/mol. The highest BCUT2D eigenvalue weighted by molar-refractivity contribution is 14.1. The van der Waals surface area contributed by atoms with Gasteiger partial charge in [0.1, 0.15) is 5.72 Å². The Balaban J connectivity index is 2.30. The Morgan fingerprint density at radius 1 is 1.30 bits per heavy atom. The third kappa shape index (κ3) is 3.52. The number of amides is 3. The first-order valence-electron chi connectivity index (χ1n) is 8.38. The number of carbonyl (C=O) groups excluding carboxylic acids is 2. The fraction of sp³-hybridized carbons (Fsp3) is 0.882. The third-order valence-corrected chi connectivity index (χ3v) is 5.83. The number of urea groups is 1. The predicted molar refractivity (Wildman–Crippen MR) is 98.4 cm³/mol. The molecule has 2 fully saturated rings. The summed E-state index contributed by atoms with van der Waals surface area (Å²) in [6.07, 6.45) is 1.61. The number of hydrogen-bond donors (Lipinski definition) is 0. The summed E-state index contributed by atoms with van der Waals surface area (Å²) in [7, 11) is 0. The summed E-state index contributed by atoms with van der Waals surface area (Å²) in [5, 5.41) is 0. The van der Waals surface area contributed by atoms with Gasteiger partial charge in [-0.25, -0.2) is 4.79 Å². The van der Waals surface area contributed by atoms with Gasteiger partial charge in [0.25, 0.3) is 0 Å². The Hall–Kier alpha value is -0.370. The standard InChI is InChI=1S/C17H29IN2O3/c1-11(2)7-12-10-23-17(5,6)20(12)15(22)19-13(9-18)8-16(3,4)14(19)21/h11-13H,7-10H2,1-6H3/t12-,13+/m0/s1. The maximum atomic E-state index is 13.3. The van der Waals surface area contributed by atoms with Crippen molar-refractivity contribution in [3.63, 3.8) is 0 Å². The number of ether oxygens (including phenoxy) is 1. The van der Waals surface area contributed by atoms with Crippen LogP contribution in [0.15, 0.2) is 0 Å². The molecule has 6 heteroatoms. The van der Waals surface area contributed by atoms with Crippen LogP contribution in [0.4, 0.5) is 4.79 Å². The number of alkyl halides is 1. The van der Waals surface area contributed by atoms with Crippen molar-refractivity contribution in [1.29, 1.82) is 0 Å². The first kappa shape index (κ1) is 19.0. The van der Waals surface area contributed by atoms with Gasteiger partial charge in [0.05, 0.1) is 18.7 Å². The molecule has 0 aromatic carbocycles. The molecule has 2 aliphatic heterocycles. The highest BCUT2D eigenvalue weighted by Gasteiger charge is 2.53. The summed E-state index contributed by atoms with van der Waals surface area (Å²) in [6.45, 7) is 12.5. The molecule has 3 amide bonds. The molecule has 0 aromatic heterocycles. The van der Waals surface area contributed by atoms with E-state index in [1.54, 1.807) is 4.90 Å². The number of hydrogen-bond acceptors (Lipinski definition) is 3. The minimum atomic E-state index is -0.667. The van der Waals surface area contributed by atoms with Gasteiger partial charge in [0, 0.05) is 9.84 Å². The molecule has 2 rings (SSSR count). The van der Waals surface area contributed by atoms with Crippen LogP contribution in [0.1, 0.15) is 54.4 Å². The highest BCUT2D eigenvalue weighted by atomic mass is 127. The third-order valence-electron chi connectivity index (χ3n) is 4.82. The maximum absolute atomic E-state index is 13.3. The quantitative estimate of drug-likeness (QED) is 0.502. The van der Waals surface area contributed by atoms with Crippen LogP contribution in [0.5, 0.6) is 0 Å². The summed E-state index contributed by atoms with van der Waals surface area (Å²) in [5.41, 5.74) is -1.14. The molecule has 5 nitrogen and oxygen atoms in total. The van der Waals surface area contributed by atoms with E-state index in [1.807, 2.05) is 27.7 Å². The normalized spacial score (nSPS) is 29.7. The van der Waals surface area contributed by atoms with E-state index in [9.17, 15) is 9.59 Å². The van der Waals surface area contributed by atoms with Gasteiger partial charge >= 0.3 is 6.03 Å². The van der Waals surface area contributed by atoms with Crippen molar-refractivity contribution >= 4 is 34.5 Å². The lowest BCUT2D eigenvalue weighted by molar-refractivity contribution is -0.133. The van der Waals surface area contributed by atoms with Crippen LogP contribution in [0.3, 0.4) is 0 Å². The van der Waals surface area contributed by atoms with E-state index in [2.05, 4.69) is 36.4 Å². The fourth-order valence-electron chi connectivity index (χ4n) is 3.73. The average molecular weight is 436 g/mol. The molecule has 0 radical (unpaired) electrons. The van der Waals surface area contributed by atoms with Crippen molar-refractivity contribution in [1.82, 2.24) is 9.80 Å². The van der Waals surface area contributed by atoms with E-state index in [0.717, 1.165) is 17.3 Å². The summed E-state index contributed by atoms with van der Waals surface area (Å²) < 4.78 is 6.64. The number of halogens is 1. The molecule has 2 atom stereocenters. The molecule has 0 bridgehead atoms. The van der Waals surface area contributed by atoms with Gasteiger partial charge in [0.15, 0.2) is 0 Å². The number of carbonyl (C=O) groups is 2. The molecule has 0 aliphatic carbocycles. The van der Waals surface area contributed by atoms with Crippen molar-refractivity contribution in [2.75, 3.05) is 11.0 Å². The Morgan fingerprint density at radius 2 is 1.91 bits per heavy atom. The van der Waals surface area contributed by atoms with Crippen LogP contribution in [0.2, 0.25) is 0 Å². The fourth-order valence-corrected chi connectivity index (χ4v) is 4.44. The van der Waals surface area contributed by atoms with Crippen molar-refractivity contribution in [2.24, 2.45) is 11.3 Å². The Morgan fingerprint density at radius 3 is 2.43 bits per heavy atom. The maximum Gasteiger partial charge on any atom is 0.329 e. The zero-order valence-corrected chi connectivity index (χ0v) is 17.2. The minimum Gasteiger partial charge on any atom is -0.354 e. The van der Waals surface area contributed by atoms with E-state index in [4.69, 9.17) is 4.74 Å². The van der Waals surface area contributed by atoms with Crippen LogP contribution >= 0.6 is 22.6 Å². The van der Waals surface area contributed by atoms with Gasteiger partial charge in [-0.3, -0.25) is 14.6 Å². The first-order chi connectivity index (χ1) is 10.5.